The first-order chi connectivity index (χ1) is 9.04. The number of nitrogens with zero attached hydrogens (tertiary/aromatic N) is 4. The van der Waals surface area contributed by atoms with Crippen molar-refractivity contribution in [3.8, 4) is 11.8 Å². The maximum Gasteiger partial charge on any atom is 0.240 e. The predicted molar refractivity (Wildman–Crippen MR) is 72.0 cm³/mol. The first-order valence-electron chi connectivity index (χ1n) is 6.29. The van der Waals surface area contributed by atoms with Crippen molar-refractivity contribution in [2.24, 2.45) is 7.05 Å². The lowest BCUT2D eigenvalue weighted by molar-refractivity contribution is 0.408. The van der Waals surface area contributed by atoms with Crippen LogP contribution in [0.2, 0.25) is 0 Å². The van der Waals surface area contributed by atoms with E-state index in [0.29, 0.717) is 24.3 Å². The summed E-state index contributed by atoms with van der Waals surface area (Å²) in [6.07, 6.45) is 0. The van der Waals surface area contributed by atoms with E-state index in [2.05, 4.69) is 34.5 Å². The van der Waals surface area contributed by atoms with Crippen LogP contribution in [0.5, 0.6) is 11.8 Å². The zero-order valence-corrected chi connectivity index (χ0v) is 11.7. The molecular weight excluding hydrogens is 242 g/mol. The molecule has 0 bridgehead atoms. The standard InChI is InChI=1S/C13H19N5O/c1-9(2)14-8-11-5-6-12(16-15-11)19-13-7-10(3)17-18(13)4/h5-7,9,14H,8H2,1-4H3. The lowest BCUT2D eigenvalue weighted by Gasteiger charge is -2.07. The molecule has 2 aromatic heterocycles. The molecule has 2 rings (SSSR count). The Hall–Kier alpha value is -1.95. The highest BCUT2D eigenvalue weighted by Gasteiger charge is 2.06. The third-order valence-electron chi connectivity index (χ3n) is 2.55. The van der Waals surface area contributed by atoms with E-state index in [9.17, 15) is 0 Å². The number of aryl methyl sites for hydroxylation is 2. The summed E-state index contributed by atoms with van der Waals surface area (Å²) in [5.41, 5.74) is 1.80. The fourth-order valence-electron chi connectivity index (χ4n) is 1.59. The topological polar surface area (TPSA) is 64.9 Å². The molecule has 0 aliphatic carbocycles. The van der Waals surface area contributed by atoms with Gasteiger partial charge < -0.3 is 10.1 Å². The third kappa shape index (κ3) is 3.75. The van der Waals surface area contributed by atoms with Crippen LogP contribution in [-0.4, -0.2) is 26.0 Å². The molecule has 0 aliphatic heterocycles. The highest BCUT2D eigenvalue weighted by Crippen LogP contribution is 2.18. The van der Waals surface area contributed by atoms with E-state index in [1.807, 2.05) is 32.2 Å². The van der Waals surface area contributed by atoms with Crippen molar-refractivity contribution < 1.29 is 4.74 Å². The molecular formula is C13H19N5O. The second-order valence-electron chi connectivity index (χ2n) is 4.75. The van der Waals surface area contributed by atoms with E-state index in [0.717, 1.165) is 11.4 Å². The van der Waals surface area contributed by atoms with Crippen molar-refractivity contribution in [1.29, 1.82) is 0 Å². The zero-order chi connectivity index (χ0) is 13.8. The van der Waals surface area contributed by atoms with E-state index in [1.165, 1.54) is 0 Å². The molecule has 6 heteroatoms. The van der Waals surface area contributed by atoms with Crippen molar-refractivity contribution in [3.05, 3.63) is 29.6 Å². The molecule has 2 heterocycles. The first-order valence-corrected chi connectivity index (χ1v) is 6.29. The maximum absolute atomic E-state index is 5.62. The number of ether oxygens (including phenoxy) is 1. The monoisotopic (exact) mass is 261 g/mol. The molecule has 6 nitrogen and oxygen atoms in total. The van der Waals surface area contributed by atoms with Crippen molar-refractivity contribution in [3.63, 3.8) is 0 Å². The van der Waals surface area contributed by atoms with Gasteiger partial charge in [0.15, 0.2) is 0 Å². The molecule has 2 aromatic rings. The molecule has 19 heavy (non-hydrogen) atoms. The second-order valence-corrected chi connectivity index (χ2v) is 4.75. The zero-order valence-electron chi connectivity index (χ0n) is 11.7. The molecule has 0 radical (unpaired) electrons. The molecule has 0 amide bonds. The van der Waals surface area contributed by atoms with Crippen LogP contribution in [0.1, 0.15) is 25.2 Å². The van der Waals surface area contributed by atoms with Crippen LogP contribution < -0.4 is 10.1 Å². The summed E-state index contributed by atoms with van der Waals surface area (Å²) in [7, 11) is 1.83. The maximum atomic E-state index is 5.62. The Kier molecular flexibility index (Phi) is 4.11. The fourth-order valence-corrected chi connectivity index (χ4v) is 1.59. The Morgan fingerprint density at radius 1 is 1.32 bits per heavy atom. The molecule has 0 saturated carbocycles. The number of aromatic nitrogens is 4. The molecule has 102 valence electrons. The van der Waals surface area contributed by atoms with Gasteiger partial charge in [-0.2, -0.15) is 10.2 Å². The van der Waals surface area contributed by atoms with Crippen LogP contribution in [-0.2, 0) is 13.6 Å². The van der Waals surface area contributed by atoms with Gasteiger partial charge in [0.2, 0.25) is 11.8 Å². The van der Waals surface area contributed by atoms with Crippen molar-refractivity contribution in [2.45, 2.75) is 33.4 Å². The van der Waals surface area contributed by atoms with Crippen LogP contribution in [0.25, 0.3) is 0 Å². The van der Waals surface area contributed by atoms with E-state index >= 15 is 0 Å². The van der Waals surface area contributed by atoms with Gasteiger partial charge in [0.1, 0.15) is 0 Å². The fraction of sp³-hybridized carbons (Fsp3) is 0.462. The summed E-state index contributed by atoms with van der Waals surface area (Å²) in [6.45, 7) is 6.81. The van der Waals surface area contributed by atoms with Gasteiger partial charge in [-0.3, -0.25) is 0 Å². The summed E-state index contributed by atoms with van der Waals surface area (Å²) in [6, 6.07) is 6.00. The minimum Gasteiger partial charge on any atom is -0.419 e. The molecule has 0 spiro atoms. The molecule has 0 atom stereocenters. The SMILES string of the molecule is Cc1cc(Oc2ccc(CNC(C)C)nn2)n(C)n1. The summed E-state index contributed by atoms with van der Waals surface area (Å²) in [5.74, 6) is 1.12. The number of rotatable bonds is 5. The van der Waals surface area contributed by atoms with Crippen molar-refractivity contribution in [2.75, 3.05) is 0 Å². The average molecular weight is 261 g/mol. The minimum atomic E-state index is 0.426. The molecule has 0 aliphatic rings. The highest BCUT2D eigenvalue weighted by atomic mass is 16.5. The molecule has 1 N–H and O–H groups in total. The summed E-state index contributed by atoms with van der Waals surface area (Å²) >= 11 is 0. The van der Waals surface area contributed by atoms with Gasteiger partial charge in [-0.25, -0.2) is 4.68 Å². The second kappa shape index (κ2) is 5.79. The van der Waals surface area contributed by atoms with E-state index < -0.39 is 0 Å². The number of hydrogen-bond acceptors (Lipinski definition) is 5. The number of nitrogens with one attached hydrogen (secondary N) is 1. The Morgan fingerprint density at radius 3 is 2.63 bits per heavy atom. The normalized spacial score (nSPS) is 11.0. The molecule has 0 saturated heterocycles. The quantitative estimate of drug-likeness (QED) is 0.889. The van der Waals surface area contributed by atoms with E-state index in [1.54, 1.807) is 4.68 Å². The minimum absolute atomic E-state index is 0.426. The van der Waals surface area contributed by atoms with Gasteiger partial charge in [-0.1, -0.05) is 13.8 Å². The Bertz CT molecular complexity index is 532. The summed E-state index contributed by atoms with van der Waals surface area (Å²) in [4.78, 5) is 0. The first kappa shape index (κ1) is 13.5. The van der Waals surface area contributed by atoms with Gasteiger partial charge in [-0.05, 0) is 13.0 Å². The van der Waals surface area contributed by atoms with Gasteiger partial charge >= 0.3 is 0 Å². The largest absolute Gasteiger partial charge is 0.419 e. The lowest BCUT2D eigenvalue weighted by Crippen LogP contribution is -2.22. The summed E-state index contributed by atoms with van der Waals surface area (Å²) in [5, 5.41) is 15.7. The molecule has 0 fully saturated rings. The smallest absolute Gasteiger partial charge is 0.240 e. The Labute approximate surface area is 112 Å². The van der Waals surface area contributed by atoms with Crippen LogP contribution in [0.4, 0.5) is 0 Å². The van der Waals surface area contributed by atoms with Crippen molar-refractivity contribution >= 4 is 0 Å². The van der Waals surface area contributed by atoms with Crippen LogP contribution in [0, 0.1) is 6.92 Å². The van der Waals surface area contributed by atoms with Crippen LogP contribution >= 0.6 is 0 Å². The summed E-state index contributed by atoms with van der Waals surface area (Å²) < 4.78 is 7.29. The van der Waals surface area contributed by atoms with Gasteiger partial charge in [0, 0.05) is 31.8 Å². The van der Waals surface area contributed by atoms with E-state index in [-0.39, 0.29) is 0 Å². The van der Waals surface area contributed by atoms with Crippen LogP contribution in [0.3, 0.4) is 0 Å². The lowest BCUT2D eigenvalue weighted by atomic mass is 10.3. The average Bonchev–Trinajstić information content (AvgIpc) is 2.67. The van der Waals surface area contributed by atoms with Crippen molar-refractivity contribution in [1.82, 2.24) is 25.3 Å². The van der Waals surface area contributed by atoms with Gasteiger partial charge in [0.25, 0.3) is 0 Å². The predicted octanol–water partition coefficient (Wildman–Crippen LogP) is 1.81. The highest BCUT2D eigenvalue weighted by molar-refractivity contribution is 5.21. The van der Waals surface area contributed by atoms with E-state index in [4.69, 9.17) is 4.74 Å². The molecule has 0 unspecified atom stereocenters. The molecule has 0 aromatic carbocycles. The Morgan fingerprint density at radius 2 is 2.11 bits per heavy atom. The van der Waals surface area contributed by atoms with Gasteiger partial charge in [0.05, 0.1) is 11.4 Å². The third-order valence-corrected chi connectivity index (χ3v) is 2.55. The van der Waals surface area contributed by atoms with Crippen LogP contribution in [0.15, 0.2) is 18.2 Å². The Balaban J connectivity index is 2.00. The van der Waals surface area contributed by atoms with Gasteiger partial charge in [-0.15, -0.1) is 5.10 Å². The number of hydrogen-bond donors (Lipinski definition) is 1.